The Hall–Kier alpha value is -0.800. The lowest BCUT2D eigenvalue weighted by Gasteiger charge is -2.18. The first-order chi connectivity index (χ1) is 9.00. The zero-order valence-corrected chi connectivity index (χ0v) is 12.9. The fourth-order valence-corrected chi connectivity index (χ4v) is 2.82. The van der Waals surface area contributed by atoms with E-state index in [1.807, 2.05) is 0 Å². The number of likely N-dealkylation sites (tertiary alicyclic amines) is 1. The van der Waals surface area contributed by atoms with Crippen molar-refractivity contribution in [2.45, 2.75) is 53.6 Å². The molecule has 19 heavy (non-hydrogen) atoms. The lowest BCUT2D eigenvalue weighted by Crippen LogP contribution is -2.22. The Bertz CT molecular complexity index is 409. The normalized spacial score (nSPS) is 19.2. The van der Waals surface area contributed by atoms with Gasteiger partial charge >= 0.3 is 0 Å². The third-order valence-electron chi connectivity index (χ3n) is 3.95. The highest BCUT2D eigenvalue weighted by Crippen LogP contribution is 2.30. The lowest BCUT2D eigenvalue weighted by molar-refractivity contribution is 0.261. The maximum atomic E-state index is 5.89. The van der Waals surface area contributed by atoms with Crippen molar-refractivity contribution in [2.24, 2.45) is 5.41 Å². The van der Waals surface area contributed by atoms with E-state index >= 15 is 0 Å². The minimum atomic E-state index is 0.465. The van der Waals surface area contributed by atoms with E-state index in [0.717, 1.165) is 31.2 Å². The monoisotopic (exact) mass is 264 g/mol. The summed E-state index contributed by atoms with van der Waals surface area (Å²) in [7, 11) is 0. The summed E-state index contributed by atoms with van der Waals surface area (Å²) in [6.07, 6.45) is 2.46. The summed E-state index contributed by atoms with van der Waals surface area (Å²) in [5.41, 5.74) is 1.77. The van der Waals surface area contributed by atoms with E-state index in [1.54, 1.807) is 0 Å². The van der Waals surface area contributed by atoms with Crippen LogP contribution in [0, 0.1) is 12.3 Å². The molecule has 1 saturated heterocycles. The van der Waals surface area contributed by atoms with Gasteiger partial charge in [-0.3, -0.25) is 4.90 Å². The Kier molecular flexibility index (Phi) is 4.69. The molecule has 0 unspecified atom stereocenters. The first-order valence-corrected chi connectivity index (χ1v) is 7.51. The highest BCUT2D eigenvalue weighted by Gasteiger charge is 2.29. The Morgan fingerprint density at radius 2 is 2.21 bits per heavy atom. The maximum Gasteiger partial charge on any atom is 0.118 e. The van der Waals surface area contributed by atoms with Gasteiger partial charge in [-0.25, -0.2) is 0 Å². The van der Waals surface area contributed by atoms with Gasteiger partial charge in [0.2, 0.25) is 0 Å². The predicted molar refractivity (Wildman–Crippen MR) is 79.1 cm³/mol. The molecular weight excluding hydrogens is 236 g/mol. The quantitative estimate of drug-likeness (QED) is 0.799. The van der Waals surface area contributed by atoms with Crippen molar-refractivity contribution in [1.29, 1.82) is 0 Å². The molecule has 3 heteroatoms. The molecule has 1 fully saturated rings. The topological polar surface area (TPSA) is 28.4 Å². The molecule has 1 N–H and O–H groups in total. The molecule has 0 bridgehead atoms. The summed E-state index contributed by atoms with van der Waals surface area (Å²) in [6, 6.07) is 2.23. The predicted octanol–water partition coefficient (Wildman–Crippen LogP) is 3.32. The van der Waals surface area contributed by atoms with Gasteiger partial charge in [0.25, 0.3) is 0 Å². The second-order valence-electron chi connectivity index (χ2n) is 6.60. The average molecular weight is 264 g/mol. The van der Waals surface area contributed by atoms with Gasteiger partial charge in [-0.15, -0.1) is 0 Å². The van der Waals surface area contributed by atoms with Crippen LogP contribution in [0.5, 0.6) is 0 Å². The lowest BCUT2D eigenvalue weighted by atomic mass is 9.93. The highest BCUT2D eigenvalue weighted by molar-refractivity contribution is 5.20. The van der Waals surface area contributed by atoms with Crippen LogP contribution in [0.4, 0.5) is 0 Å². The number of rotatable bonds is 6. The Balaban J connectivity index is 1.89. The van der Waals surface area contributed by atoms with Gasteiger partial charge in [-0.05, 0) is 44.3 Å². The number of nitrogens with zero attached hydrogens (tertiary/aromatic N) is 1. The standard InChI is InChI=1S/C16H28N2O/c1-5-7-17-10-14-9-15(19-13(14)2)11-18-8-6-16(3,4)12-18/h9,17H,5-8,10-12H2,1-4H3. The number of hydrogen-bond donors (Lipinski definition) is 1. The first-order valence-electron chi connectivity index (χ1n) is 7.51. The summed E-state index contributed by atoms with van der Waals surface area (Å²) in [5, 5.41) is 3.44. The fraction of sp³-hybridized carbons (Fsp3) is 0.750. The molecule has 2 heterocycles. The van der Waals surface area contributed by atoms with Gasteiger partial charge in [0.15, 0.2) is 0 Å². The largest absolute Gasteiger partial charge is 0.465 e. The summed E-state index contributed by atoms with van der Waals surface area (Å²) < 4.78 is 5.89. The molecule has 0 amide bonds. The minimum absolute atomic E-state index is 0.465. The second-order valence-corrected chi connectivity index (χ2v) is 6.60. The number of aryl methyl sites for hydroxylation is 1. The van der Waals surface area contributed by atoms with E-state index in [-0.39, 0.29) is 0 Å². The van der Waals surface area contributed by atoms with Crippen LogP contribution in [-0.4, -0.2) is 24.5 Å². The summed E-state index contributed by atoms with van der Waals surface area (Å²) in [5.74, 6) is 2.18. The molecule has 0 radical (unpaired) electrons. The molecule has 0 spiro atoms. The van der Waals surface area contributed by atoms with E-state index in [2.05, 4.69) is 44.0 Å². The number of hydrogen-bond acceptors (Lipinski definition) is 3. The summed E-state index contributed by atoms with van der Waals surface area (Å²) >= 11 is 0. The van der Waals surface area contributed by atoms with Crippen LogP contribution in [-0.2, 0) is 13.1 Å². The van der Waals surface area contributed by atoms with E-state index in [4.69, 9.17) is 4.42 Å². The van der Waals surface area contributed by atoms with Crippen molar-refractivity contribution in [1.82, 2.24) is 10.2 Å². The summed E-state index contributed by atoms with van der Waals surface area (Å²) in [6.45, 7) is 14.3. The number of nitrogens with one attached hydrogen (secondary N) is 1. The van der Waals surface area contributed by atoms with Gasteiger partial charge in [-0.2, -0.15) is 0 Å². The van der Waals surface area contributed by atoms with Crippen molar-refractivity contribution < 1.29 is 4.42 Å². The number of furan rings is 1. The van der Waals surface area contributed by atoms with E-state index < -0.39 is 0 Å². The third kappa shape index (κ3) is 4.08. The van der Waals surface area contributed by atoms with Crippen molar-refractivity contribution >= 4 is 0 Å². The zero-order chi connectivity index (χ0) is 13.9. The molecule has 1 aromatic heterocycles. The molecule has 0 aromatic carbocycles. The van der Waals surface area contributed by atoms with E-state index in [1.165, 1.54) is 31.5 Å². The van der Waals surface area contributed by atoms with E-state index in [0.29, 0.717) is 5.41 Å². The highest BCUT2D eigenvalue weighted by atomic mass is 16.3. The zero-order valence-electron chi connectivity index (χ0n) is 12.9. The van der Waals surface area contributed by atoms with Crippen LogP contribution in [0.15, 0.2) is 10.5 Å². The molecule has 3 nitrogen and oxygen atoms in total. The third-order valence-corrected chi connectivity index (χ3v) is 3.95. The second kappa shape index (κ2) is 6.10. The van der Waals surface area contributed by atoms with Gasteiger partial charge in [0, 0.05) is 18.7 Å². The van der Waals surface area contributed by atoms with Crippen molar-refractivity contribution in [3.63, 3.8) is 0 Å². The molecule has 0 atom stereocenters. The van der Waals surface area contributed by atoms with E-state index in [9.17, 15) is 0 Å². The molecule has 2 rings (SSSR count). The average Bonchev–Trinajstić information content (AvgIpc) is 2.83. The van der Waals surface area contributed by atoms with Crippen LogP contribution in [0.25, 0.3) is 0 Å². The van der Waals surface area contributed by atoms with Crippen molar-refractivity contribution in [3.8, 4) is 0 Å². The molecule has 1 aliphatic rings. The Labute approximate surface area is 117 Å². The smallest absolute Gasteiger partial charge is 0.118 e. The first kappa shape index (κ1) is 14.6. The molecule has 108 valence electrons. The molecule has 0 saturated carbocycles. The minimum Gasteiger partial charge on any atom is -0.465 e. The van der Waals surface area contributed by atoms with Gasteiger partial charge in [0.1, 0.15) is 11.5 Å². The summed E-state index contributed by atoms with van der Waals surface area (Å²) in [4.78, 5) is 2.50. The van der Waals surface area contributed by atoms with Gasteiger partial charge in [-0.1, -0.05) is 20.8 Å². The van der Waals surface area contributed by atoms with Crippen molar-refractivity contribution in [3.05, 3.63) is 23.2 Å². The SMILES string of the molecule is CCCNCc1cc(CN2CCC(C)(C)C2)oc1C. The van der Waals surface area contributed by atoms with Gasteiger partial charge < -0.3 is 9.73 Å². The molecular formula is C16H28N2O. The Morgan fingerprint density at radius 3 is 2.84 bits per heavy atom. The van der Waals surface area contributed by atoms with Crippen molar-refractivity contribution in [2.75, 3.05) is 19.6 Å². The molecule has 1 aliphatic heterocycles. The fourth-order valence-electron chi connectivity index (χ4n) is 2.82. The Morgan fingerprint density at radius 1 is 1.42 bits per heavy atom. The maximum absolute atomic E-state index is 5.89. The molecule has 0 aliphatic carbocycles. The van der Waals surface area contributed by atoms with Crippen LogP contribution in [0.3, 0.4) is 0 Å². The van der Waals surface area contributed by atoms with Crippen LogP contribution < -0.4 is 5.32 Å². The molecule has 1 aromatic rings. The van der Waals surface area contributed by atoms with Gasteiger partial charge in [0.05, 0.1) is 6.54 Å². The van der Waals surface area contributed by atoms with Crippen LogP contribution >= 0.6 is 0 Å². The van der Waals surface area contributed by atoms with Crippen LogP contribution in [0.2, 0.25) is 0 Å². The van der Waals surface area contributed by atoms with Crippen LogP contribution in [0.1, 0.15) is 50.7 Å².